The predicted molar refractivity (Wildman–Crippen MR) is 61.6 cm³/mol. The summed E-state index contributed by atoms with van der Waals surface area (Å²) in [6, 6.07) is 13.1. The maximum absolute atomic E-state index is 13.1. The van der Waals surface area contributed by atoms with Crippen molar-refractivity contribution in [3.63, 3.8) is 0 Å². The van der Waals surface area contributed by atoms with Crippen molar-refractivity contribution >= 4 is 11.6 Å². The lowest BCUT2D eigenvalue weighted by molar-refractivity contribution is 0.628. The Labute approximate surface area is 97.7 Å². The Bertz CT molecular complexity index is 555. The number of nitrogens with zero attached hydrogens (tertiary/aromatic N) is 1. The first-order valence-corrected chi connectivity index (χ1v) is 5.04. The van der Waals surface area contributed by atoms with E-state index < -0.39 is 0 Å². The van der Waals surface area contributed by atoms with Crippen molar-refractivity contribution in [3.8, 4) is 17.2 Å². The van der Waals surface area contributed by atoms with Gasteiger partial charge in [0.2, 0.25) is 0 Å². The van der Waals surface area contributed by atoms with Crippen LogP contribution < -0.4 is 0 Å². The Hall–Kier alpha value is -1.85. The maximum atomic E-state index is 13.1. The third-order valence-electron chi connectivity index (χ3n) is 2.26. The molecule has 2 aromatic carbocycles. The van der Waals surface area contributed by atoms with Crippen molar-refractivity contribution < 1.29 is 4.39 Å². The van der Waals surface area contributed by atoms with Crippen molar-refractivity contribution in [3.05, 3.63) is 58.9 Å². The van der Waals surface area contributed by atoms with Crippen molar-refractivity contribution in [2.24, 2.45) is 0 Å². The lowest BCUT2D eigenvalue weighted by atomic mass is 10.0. The Kier molecular flexibility index (Phi) is 2.89. The summed E-state index contributed by atoms with van der Waals surface area (Å²) < 4.78 is 13.1. The van der Waals surface area contributed by atoms with Gasteiger partial charge < -0.3 is 0 Å². The SMILES string of the molecule is N#Cc1ccc(F)cc1-c1ccc(Cl)cc1. The van der Waals surface area contributed by atoms with Crippen LogP contribution in [0, 0.1) is 17.1 Å². The zero-order chi connectivity index (χ0) is 11.5. The molecule has 0 spiro atoms. The minimum atomic E-state index is -0.357. The Morgan fingerprint density at radius 1 is 1.06 bits per heavy atom. The van der Waals surface area contributed by atoms with Crippen molar-refractivity contribution in [1.82, 2.24) is 0 Å². The van der Waals surface area contributed by atoms with Crippen LogP contribution in [0.2, 0.25) is 5.02 Å². The van der Waals surface area contributed by atoms with Gasteiger partial charge in [0.05, 0.1) is 11.6 Å². The lowest BCUT2D eigenvalue weighted by Gasteiger charge is -2.04. The normalized spacial score (nSPS) is 9.81. The maximum Gasteiger partial charge on any atom is 0.123 e. The average molecular weight is 232 g/mol. The van der Waals surface area contributed by atoms with Crippen LogP contribution in [0.15, 0.2) is 42.5 Å². The summed E-state index contributed by atoms with van der Waals surface area (Å²) in [6.45, 7) is 0. The molecule has 0 fully saturated rings. The number of hydrogen-bond donors (Lipinski definition) is 0. The fourth-order valence-corrected chi connectivity index (χ4v) is 1.61. The quantitative estimate of drug-likeness (QED) is 0.727. The highest BCUT2D eigenvalue weighted by Gasteiger charge is 2.06. The van der Waals surface area contributed by atoms with Gasteiger partial charge in [-0.1, -0.05) is 23.7 Å². The summed E-state index contributed by atoms with van der Waals surface area (Å²) in [5.74, 6) is -0.357. The highest BCUT2D eigenvalue weighted by atomic mass is 35.5. The number of rotatable bonds is 1. The molecule has 78 valence electrons. The molecular formula is C13H7ClFN. The molecule has 0 aromatic heterocycles. The summed E-state index contributed by atoms with van der Waals surface area (Å²) in [7, 11) is 0. The number of benzene rings is 2. The van der Waals surface area contributed by atoms with Crippen LogP contribution in [0.1, 0.15) is 5.56 Å². The summed E-state index contributed by atoms with van der Waals surface area (Å²) in [5, 5.41) is 9.54. The smallest absolute Gasteiger partial charge is 0.123 e. The molecule has 0 atom stereocenters. The van der Waals surface area contributed by atoms with E-state index in [1.165, 1.54) is 18.2 Å². The summed E-state index contributed by atoms with van der Waals surface area (Å²) in [4.78, 5) is 0. The van der Waals surface area contributed by atoms with Gasteiger partial charge in [0.1, 0.15) is 5.82 Å². The monoisotopic (exact) mass is 231 g/mol. The Morgan fingerprint density at radius 2 is 1.75 bits per heavy atom. The molecule has 0 radical (unpaired) electrons. The molecule has 16 heavy (non-hydrogen) atoms. The van der Waals surface area contributed by atoms with Crippen LogP contribution in [0.5, 0.6) is 0 Å². The highest BCUT2D eigenvalue weighted by molar-refractivity contribution is 6.30. The van der Waals surface area contributed by atoms with Crippen LogP contribution in [0.3, 0.4) is 0 Å². The van der Waals surface area contributed by atoms with Crippen LogP contribution in [-0.4, -0.2) is 0 Å². The first-order valence-electron chi connectivity index (χ1n) is 4.66. The van der Waals surface area contributed by atoms with E-state index in [4.69, 9.17) is 16.9 Å². The van der Waals surface area contributed by atoms with Crippen molar-refractivity contribution in [1.29, 1.82) is 5.26 Å². The largest absolute Gasteiger partial charge is 0.207 e. The second kappa shape index (κ2) is 4.34. The molecule has 0 aliphatic rings. The molecule has 0 bridgehead atoms. The van der Waals surface area contributed by atoms with E-state index in [1.54, 1.807) is 24.3 Å². The molecule has 0 saturated carbocycles. The lowest BCUT2D eigenvalue weighted by Crippen LogP contribution is -1.86. The van der Waals surface area contributed by atoms with Gasteiger partial charge in [-0.2, -0.15) is 5.26 Å². The molecule has 0 saturated heterocycles. The van der Waals surface area contributed by atoms with Gasteiger partial charge in [0.25, 0.3) is 0 Å². The van der Waals surface area contributed by atoms with Gasteiger partial charge in [-0.05, 0) is 35.9 Å². The van der Waals surface area contributed by atoms with Gasteiger partial charge in [-0.15, -0.1) is 0 Å². The first kappa shape index (κ1) is 10.7. The molecule has 0 N–H and O–H groups in total. The fraction of sp³-hybridized carbons (Fsp3) is 0. The second-order valence-electron chi connectivity index (χ2n) is 3.31. The van der Waals surface area contributed by atoms with Crippen molar-refractivity contribution in [2.75, 3.05) is 0 Å². The van der Waals surface area contributed by atoms with E-state index >= 15 is 0 Å². The molecule has 3 heteroatoms. The second-order valence-corrected chi connectivity index (χ2v) is 3.75. The van der Waals surface area contributed by atoms with Gasteiger partial charge in [-0.25, -0.2) is 4.39 Å². The Balaban J connectivity index is 2.59. The number of halogens is 2. The highest BCUT2D eigenvalue weighted by Crippen LogP contribution is 2.25. The zero-order valence-corrected chi connectivity index (χ0v) is 9.00. The molecule has 0 unspecified atom stereocenters. The summed E-state index contributed by atoms with van der Waals surface area (Å²) >= 11 is 5.76. The Morgan fingerprint density at radius 3 is 2.38 bits per heavy atom. The predicted octanol–water partition coefficient (Wildman–Crippen LogP) is 4.02. The van der Waals surface area contributed by atoms with E-state index in [9.17, 15) is 4.39 Å². The summed E-state index contributed by atoms with van der Waals surface area (Å²) in [6.07, 6.45) is 0. The standard InChI is InChI=1S/C13H7ClFN/c14-11-4-1-9(2-5-11)13-7-12(15)6-3-10(13)8-16/h1-7H. The van der Waals surface area contributed by atoms with Crippen LogP contribution in [-0.2, 0) is 0 Å². The minimum absolute atomic E-state index is 0.357. The van der Waals surface area contributed by atoms with Gasteiger partial charge in [-0.3, -0.25) is 0 Å². The molecule has 0 aliphatic heterocycles. The molecule has 1 nitrogen and oxygen atoms in total. The minimum Gasteiger partial charge on any atom is -0.207 e. The molecular weight excluding hydrogens is 225 g/mol. The molecule has 0 aliphatic carbocycles. The van der Waals surface area contributed by atoms with E-state index in [0.29, 0.717) is 16.1 Å². The van der Waals surface area contributed by atoms with Crippen LogP contribution in [0.25, 0.3) is 11.1 Å². The third kappa shape index (κ3) is 2.05. The van der Waals surface area contributed by atoms with E-state index in [-0.39, 0.29) is 5.82 Å². The fourth-order valence-electron chi connectivity index (χ4n) is 1.48. The van der Waals surface area contributed by atoms with Crippen LogP contribution in [0.4, 0.5) is 4.39 Å². The number of nitriles is 1. The molecule has 0 amide bonds. The van der Waals surface area contributed by atoms with Gasteiger partial charge in [0, 0.05) is 10.6 Å². The topological polar surface area (TPSA) is 23.8 Å². The zero-order valence-electron chi connectivity index (χ0n) is 8.24. The summed E-state index contributed by atoms with van der Waals surface area (Å²) in [5.41, 5.74) is 1.81. The van der Waals surface area contributed by atoms with E-state index in [0.717, 1.165) is 5.56 Å². The van der Waals surface area contributed by atoms with Gasteiger partial charge in [0.15, 0.2) is 0 Å². The molecule has 2 rings (SSSR count). The van der Waals surface area contributed by atoms with Crippen molar-refractivity contribution in [2.45, 2.75) is 0 Å². The number of hydrogen-bond acceptors (Lipinski definition) is 1. The molecule has 0 heterocycles. The third-order valence-corrected chi connectivity index (χ3v) is 2.51. The average Bonchev–Trinajstić information content (AvgIpc) is 2.30. The van der Waals surface area contributed by atoms with Gasteiger partial charge >= 0.3 is 0 Å². The first-order chi connectivity index (χ1) is 7.70. The van der Waals surface area contributed by atoms with E-state index in [1.807, 2.05) is 6.07 Å². The van der Waals surface area contributed by atoms with Crippen LogP contribution >= 0.6 is 11.6 Å². The van der Waals surface area contributed by atoms with E-state index in [2.05, 4.69) is 0 Å². The molecule has 2 aromatic rings.